The maximum absolute atomic E-state index is 13.4. The predicted octanol–water partition coefficient (Wildman–Crippen LogP) is 2.93. The highest BCUT2D eigenvalue weighted by atomic mass is 35.5. The zero-order valence-corrected chi connectivity index (χ0v) is 15.7. The molecule has 0 aliphatic heterocycles. The highest BCUT2D eigenvalue weighted by molar-refractivity contribution is 6.36. The standard InChI is InChI=1S/C18H16Cl2FN3O3/c1-10-2-4-12(7-15(10)21)24-17(26)9-22-16(25)8-23-18(27)13-5-3-11(19)6-14(13)20/h2-7H,8-9H2,1H3,(H,22,25)(H,23,27)(H,24,26). The highest BCUT2D eigenvalue weighted by Gasteiger charge is 2.13. The number of carbonyl (C=O) groups is 3. The van der Waals surface area contributed by atoms with E-state index in [-0.39, 0.29) is 29.4 Å². The van der Waals surface area contributed by atoms with E-state index in [0.717, 1.165) is 0 Å². The lowest BCUT2D eigenvalue weighted by Crippen LogP contribution is -2.40. The van der Waals surface area contributed by atoms with Gasteiger partial charge >= 0.3 is 0 Å². The molecule has 27 heavy (non-hydrogen) atoms. The van der Waals surface area contributed by atoms with Gasteiger partial charge in [-0.1, -0.05) is 29.3 Å². The maximum atomic E-state index is 13.4. The Balaban J connectivity index is 1.77. The van der Waals surface area contributed by atoms with Crippen molar-refractivity contribution in [1.82, 2.24) is 10.6 Å². The van der Waals surface area contributed by atoms with E-state index in [9.17, 15) is 18.8 Å². The second-order valence-electron chi connectivity index (χ2n) is 5.60. The summed E-state index contributed by atoms with van der Waals surface area (Å²) in [5, 5.41) is 7.73. The summed E-state index contributed by atoms with van der Waals surface area (Å²) in [6.07, 6.45) is 0. The van der Waals surface area contributed by atoms with Crippen LogP contribution in [0, 0.1) is 12.7 Å². The van der Waals surface area contributed by atoms with Gasteiger partial charge in [0.1, 0.15) is 5.82 Å². The molecule has 0 fully saturated rings. The molecule has 0 aliphatic carbocycles. The maximum Gasteiger partial charge on any atom is 0.253 e. The van der Waals surface area contributed by atoms with E-state index < -0.39 is 23.5 Å². The van der Waals surface area contributed by atoms with Crippen LogP contribution in [-0.4, -0.2) is 30.8 Å². The Hall–Kier alpha value is -2.64. The third-order valence-electron chi connectivity index (χ3n) is 3.49. The van der Waals surface area contributed by atoms with Crippen LogP contribution in [0.4, 0.5) is 10.1 Å². The number of rotatable bonds is 6. The number of anilines is 1. The van der Waals surface area contributed by atoms with E-state index in [4.69, 9.17) is 23.2 Å². The molecule has 3 amide bonds. The Bertz CT molecular complexity index is 890. The zero-order chi connectivity index (χ0) is 20.0. The van der Waals surface area contributed by atoms with Gasteiger partial charge in [0.2, 0.25) is 11.8 Å². The number of amides is 3. The van der Waals surface area contributed by atoms with Crippen LogP contribution in [-0.2, 0) is 9.59 Å². The van der Waals surface area contributed by atoms with Gasteiger partial charge in [0.05, 0.1) is 23.7 Å². The first-order valence-electron chi connectivity index (χ1n) is 7.82. The molecule has 0 unspecified atom stereocenters. The van der Waals surface area contributed by atoms with Gasteiger partial charge in [-0.15, -0.1) is 0 Å². The molecule has 2 aromatic carbocycles. The van der Waals surface area contributed by atoms with Crippen LogP contribution in [0.1, 0.15) is 15.9 Å². The van der Waals surface area contributed by atoms with Crippen LogP contribution in [0.15, 0.2) is 36.4 Å². The summed E-state index contributed by atoms with van der Waals surface area (Å²) in [7, 11) is 0. The molecule has 0 aromatic heterocycles. The van der Waals surface area contributed by atoms with Crippen molar-refractivity contribution in [2.75, 3.05) is 18.4 Å². The van der Waals surface area contributed by atoms with Crippen LogP contribution in [0.3, 0.4) is 0 Å². The Morgan fingerprint density at radius 3 is 2.33 bits per heavy atom. The van der Waals surface area contributed by atoms with E-state index >= 15 is 0 Å². The second kappa shape index (κ2) is 9.34. The number of aryl methyl sites for hydroxylation is 1. The topological polar surface area (TPSA) is 87.3 Å². The summed E-state index contributed by atoms with van der Waals surface area (Å²) in [4.78, 5) is 35.5. The van der Waals surface area contributed by atoms with Crippen molar-refractivity contribution in [1.29, 1.82) is 0 Å². The first-order valence-corrected chi connectivity index (χ1v) is 8.58. The molecule has 0 saturated carbocycles. The predicted molar refractivity (Wildman–Crippen MR) is 102 cm³/mol. The average molecular weight is 412 g/mol. The summed E-state index contributed by atoms with van der Waals surface area (Å²) >= 11 is 11.7. The highest BCUT2D eigenvalue weighted by Crippen LogP contribution is 2.20. The van der Waals surface area contributed by atoms with Crippen molar-refractivity contribution in [3.05, 3.63) is 63.4 Å². The van der Waals surface area contributed by atoms with E-state index in [2.05, 4.69) is 16.0 Å². The van der Waals surface area contributed by atoms with E-state index in [1.165, 1.54) is 30.3 Å². The third kappa shape index (κ3) is 6.23. The molecule has 2 aromatic rings. The molecule has 0 heterocycles. The van der Waals surface area contributed by atoms with Crippen molar-refractivity contribution in [3.63, 3.8) is 0 Å². The van der Waals surface area contributed by atoms with E-state index in [1.807, 2.05) is 0 Å². The van der Waals surface area contributed by atoms with Gasteiger partial charge in [-0.3, -0.25) is 14.4 Å². The lowest BCUT2D eigenvalue weighted by Gasteiger charge is -2.09. The SMILES string of the molecule is Cc1ccc(NC(=O)CNC(=O)CNC(=O)c2ccc(Cl)cc2Cl)cc1F. The Morgan fingerprint density at radius 1 is 0.963 bits per heavy atom. The first-order chi connectivity index (χ1) is 12.8. The average Bonchev–Trinajstić information content (AvgIpc) is 2.61. The summed E-state index contributed by atoms with van der Waals surface area (Å²) < 4.78 is 13.4. The van der Waals surface area contributed by atoms with Gasteiger partial charge < -0.3 is 16.0 Å². The van der Waals surface area contributed by atoms with Crippen molar-refractivity contribution >= 4 is 46.6 Å². The minimum atomic E-state index is -0.571. The van der Waals surface area contributed by atoms with Gasteiger partial charge in [-0.25, -0.2) is 4.39 Å². The lowest BCUT2D eigenvalue weighted by atomic mass is 10.2. The molecular weight excluding hydrogens is 396 g/mol. The van der Waals surface area contributed by atoms with Gasteiger partial charge in [0, 0.05) is 10.7 Å². The molecule has 3 N–H and O–H groups in total. The molecule has 9 heteroatoms. The number of carbonyl (C=O) groups excluding carboxylic acids is 3. The number of nitrogens with one attached hydrogen (secondary N) is 3. The van der Waals surface area contributed by atoms with Crippen LogP contribution >= 0.6 is 23.2 Å². The number of halogens is 3. The van der Waals surface area contributed by atoms with E-state index in [1.54, 1.807) is 13.0 Å². The van der Waals surface area contributed by atoms with Crippen molar-refractivity contribution < 1.29 is 18.8 Å². The minimum absolute atomic E-state index is 0.158. The molecule has 6 nitrogen and oxygen atoms in total. The summed E-state index contributed by atoms with van der Waals surface area (Å²) in [5.41, 5.74) is 0.911. The normalized spacial score (nSPS) is 10.2. The van der Waals surface area contributed by atoms with Crippen molar-refractivity contribution in [2.24, 2.45) is 0 Å². The summed E-state index contributed by atoms with van der Waals surface area (Å²) in [5.74, 6) is -2.09. The first kappa shape index (κ1) is 20.7. The van der Waals surface area contributed by atoms with Gasteiger partial charge in [-0.05, 0) is 42.8 Å². The van der Waals surface area contributed by atoms with Crippen LogP contribution < -0.4 is 16.0 Å². The molecule has 0 atom stereocenters. The fourth-order valence-corrected chi connectivity index (χ4v) is 2.54. The van der Waals surface area contributed by atoms with Crippen molar-refractivity contribution in [2.45, 2.75) is 6.92 Å². The molecular formula is C18H16Cl2FN3O3. The number of benzene rings is 2. The molecule has 142 valence electrons. The summed E-state index contributed by atoms with van der Waals surface area (Å²) in [6, 6.07) is 8.61. The van der Waals surface area contributed by atoms with Gasteiger partial charge in [-0.2, -0.15) is 0 Å². The molecule has 0 saturated heterocycles. The largest absolute Gasteiger partial charge is 0.345 e. The molecule has 2 rings (SSSR count). The Kier molecular flexibility index (Phi) is 7.15. The van der Waals surface area contributed by atoms with Crippen molar-refractivity contribution in [3.8, 4) is 0 Å². The van der Waals surface area contributed by atoms with Crippen LogP contribution in [0.5, 0.6) is 0 Å². The minimum Gasteiger partial charge on any atom is -0.345 e. The summed E-state index contributed by atoms with van der Waals surface area (Å²) in [6.45, 7) is 0.933. The van der Waals surface area contributed by atoms with Crippen LogP contribution in [0.2, 0.25) is 10.0 Å². The molecule has 0 bridgehead atoms. The Morgan fingerprint density at radius 2 is 1.67 bits per heavy atom. The van der Waals surface area contributed by atoms with Crippen LogP contribution in [0.25, 0.3) is 0 Å². The lowest BCUT2D eigenvalue weighted by molar-refractivity contribution is -0.123. The fourth-order valence-electron chi connectivity index (χ4n) is 2.05. The number of hydrogen-bond donors (Lipinski definition) is 3. The monoisotopic (exact) mass is 411 g/mol. The molecule has 0 aliphatic rings. The third-order valence-corrected chi connectivity index (χ3v) is 4.03. The fraction of sp³-hybridized carbons (Fsp3) is 0.167. The molecule has 0 radical (unpaired) electrons. The zero-order valence-electron chi connectivity index (χ0n) is 14.2. The van der Waals surface area contributed by atoms with Gasteiger partial charge in [0.15, 0.2) is 0 Å². The van der Waals surface area contributed by atoms with E-state index in [0.29, 0.717) is 10.6 Å². The smallest absolute Gasteiger partial charge is 0.253 e. The second-order valence-corrected chi connectivity index (χ2v) is 6.44. The van der Waals surface area contributed by atoms with Gasteiger partial charge in [0.25, 0.3) is 5.91 Å². The quantitative estimate of drug-likeness (QED) is 0.682. The Labute approximate surface area is 165 Å². The molecule has 0 spiro atoms. The number of hydrogen-bond acceptors (Lipinski definition) is 3.